The van der Waals surface area contributed by atoms with Crippen molar-refractivity contribution in [3.05, 3.63) is 58.1 Å². The Labute approximate surface area is 122 Å². The van der Waals surface area contributed by atoms with Gasteiger partial charge in [-0.05, 0) is 30.7 Å². The van der Waals surface area contributed by atoms with Crippen molar-refractivity contribution in [1.29, 1.82) is 0 Å². The van der Waals surface area contributed by atoms with Crippen LogP contribution in [0.1, 0.15) is 12.5 Å². The zero-order valence-electron chi connectivity index (χ0n) is 11.6. The fraction of sp³-hybridized carbons (Fsp3) is 0.200. The van der Waals surface area contributed by atoms with Crippen molar-refractivity contribution in [2.45, 2.75) is 13.5 Å². The average Bonchev–Trinajstić information content (AvgIpc) is 2.48. The van der Waals surface area contributed by atoms with E-state index in [1.54, 1.807) is 19.1 Å². The van der Waals surface area contributed by atoms with Crippen LogP contribution in [0.3, 0.4) is 0 Å². The molecule has 0 aliphatic heterocycles. The normalized spacial score (nSPS) is 10.2. The number of ether oxygens (including phenoxy) is 2. The summed E-state index contributed by atoms with van der Waals surface area (Å²) >= 11 is 0. The molecule has 0 bridgehead atoms. The van der Waals surface area contributed by atoms with E-state index in [4.69, 9.17) is 15.2 Å². The molecule has 2 aromatic carbocycles. The minimum Gasteiger partial charge on any atom is -0.487 e. The summed E-state index contributed by atoms with van der Waals surface area (Å²) < 4.78 is 10.9. The average molecular weight is 288 g/mol. The number of hydrogen-bond acceptors (Lipinski definition) is 5. The summed E-state index contributed by atoms with van der Waals surface area (Å²) in [5, 5.41) is 10.9. The molecule has 6 nitrogen and oxygen atoms in total. The third-order valence-electron chi connectivity index (χ3n) is 2.82. The zero-order chi connectivity index (χ0) is 15.2. The van der Waals surface area contributed by atoms with Crippen LogP contribution in [-0.4, -0.2) is 11.5 Å². The van der Waals surface area contributed by atoms with Gasteiger partial charge >= 0.3 is 5.69 Å². The van der Waals surface area contributed by atoms with Gasteiger partial charge in [0.1, 0.15) is 11.5 Å². The highest BCUT2D eigenvalue weighted by Gasteiger charge is 2.16. The van der Waals surface area contributed by atoms with Gasteiger partial charge in [-0.25, -0.2) is 0 Å². The van der Waals surface area contributed by atoms with Gasteiger partial charge in [-0.15, -0.1) is 0 Å². The lowest BCUT2D eigenvalue weighted by Gasteiger charge is -2.09. The Bertz CT molecular complexity index is 626. The van der Waals surface area contributed by atoms with Gasteiger partial charge in [0, 0.05) is 18.7 Å². The topological polar surface area (TPSA) is 87.6 Å². The lowest BCUT2D eigenvalue weighted by atomic mass is 10.2. The van der Waals surface area contributed by atoms with E-state index in [0.29, 0.717) is 24.7 Å². The molecule has 0 aliphatic carbocycles. The van der Waals surface area contributed by atoms with Crippen LogP contribution < -0.4 is 15.2 Å². The highest BCUT2D eigenvalue weighted by atomic mass is 16.6. The van der Waals surface area contributed by atoms with Crippen LogP contribution >= 0.6 is 0 Å². The number of hydrogen-bond donors (Lipinski definition) is 1. The maximum atomic E-state index is 10.9. The molecule has 0 saturated carbocycles. The lowest BCUT2D eigenvalue weighted by Crippen LogP contribution is -1.98. The Kier molecular flexibility index (Phi) is 4.73. The molecular formula is C15H16N2O4. The predicted molar refractivity (Wildman–Crippen MR) is 78.7 cm³/mol. The lowest BCUT2D eigenvalue weighted by molar-refractivity contribution is -0.385. The molecule has 110 valence electrons. The maximum Gasteiger partial charge on any atom is 0.311 e. The molecule has 21 heavy (non-hydrogen) atoms. The van der Waals surface area contributed by atoms with Crippen molar-refractivity contribution >= 4 is 5.69 Å². The van der Waals surface area contributed by atoms with E-state index >= 15 is 0 Å². The van der Waals surface area contributed by atoms with Crippen LogP contribution in [0.5, 0.6) is 17.2 Å². The Morgan fingerprint density at radius 1 is 1.14 bits per heavy atom. The van der Waals surface area contributed by atoms with Gasteiger partial charge < -0.3 is 15.2 Å². The fourth-order valence-corrected chi connectivity index (χ4v) is 1.81. The number of nitro benzene ring substituents is 1. The largest absolute Gasteiger partial charge is 0.487 e. The van der Waals surface area contributed by atoms with Crippen LogP contribution in [0, 0.1) is 10.1 Å². The van der Waals surface area contributed by atoms with Crippen molar-refractivity contribution in [2.75, 3.05) is 6.61 Å². The molecule has 2 N–H and O–H groups in total. The summed E-state index contributed by atoms with van der Waals surface area (Å²) in [6.45, 7) is 2.57. The monoisotopic (exact) mass is 288 g/mol. The first-order valence-corrected chi connectivity index (χ1v) is 6.52. The van der Waals surface area contributed by atoms with Gasteiger partial charge in [0.05, 0.1) is 11.5 Å². The molecule has 0 aromatic heterocycles. The van der Waals surface area contributed by atoms with Crippen LogP contribution in [0.25, 0.3) is 0 Å². The Balaban J connectivity index is 2.23. The van der Waals surface area contributed by atoms with Gasteiger partial charge in [-0.1, -0.05) is 12.1 Å². The number of nitro groups is 1. The van der Waals surface area contributed by atoms with Crippen molar-refractivity contribution < 1.29 is 14.4 Å². The standard InChI is InChI=1S/C15H16N2O4/c1-2-20-15-9-13(7-8-14(15)17(18)19)21-12-5-3-11(10-16)4-6-12/h3-9H,2,10,16H2,1H3. The van der Waals surface area contributed by atoms with Crippen LogP contribution in [-0.2, 0) is 6.54 Å². The first kappa shape index (κ1) is 14.8. The second kappa shape index (κ2) is 6.71. The number of nitrogens with two attached hydrogens (primary N) is 1. The summed E-state index contributed by atoms with van der Waals surface area (Å²) in [6, 6.07) is 11.7. The van der Waals surface area contributed by atoms with Crippen molar-refractivity contribution in [1.82, 2.24) is 0 Å². The summed E-state index contributed by atoms with van der Waals surface area (Å²) in [5.41, 5.74) is 6.45. The first-order chi connectivity index (χ1) is 10.1. The third-order valence-corrected chi connectivity index (χ3v) is 2.82. The quantitative estimate of drug-likeness (QED) is 0.651. The molecule has 0 spiro atoms. The molecule has 0 heterocycles. The van der Waals surface area contributed by atoms with Gasteiger partial charge in [-0.3, -0.25) is 10.1 Å². The van der Waals surface area contributed by atoms with Crippen molar-refractivity contribution in [3.8, 4) is 17.2 Å². The molecule has 2 rings (SSSR count). The summed E-state index contributed by atoms with van der Waals surface area (Å²) in [5.74, 6) is 1.30. The van der Waals surface area contributed by atoms with E-state index < -0.39 is 4.92 Å². The van der Waals surface area contributed by atoms with Crippen LogP contribution in [0.2, 0.25) is 0 Å². The minimum absolute atomic E-state index is 0.0809. The number of rotatable bonds is 6. The highest BCUT2D eigenvalue weighted by molar-refractivity contribution is 5.51. The summed E-state index contributed by atoms with van der Waals surface area (Å²) in [4.78, 5) is 10.4. The molecule has 0 unspecified atom stereocenters. The SMILES string of the molecule is CCOc1cc(Oc2ccc(CN)cc2)ccc1[N+](=O)[O-]. The van der Waals surface area contributed by atoms with Crippen molar-refractivity contribution in [2.24, 2.45) is 5.73 Å². The van der Waals surface area contributed by atoms with Crippen molar-refractivity contribution in [3.63, 3.8) is 0 Å². The molecule has 0 fully saturated rings. The molecule has 0 amide bonds. The Morgan fingerprint density at radius 3 is 2.38 bits per heavy atom. The van der Waals surface area contributed by atoms with Gasteiger partial charge in [0.2, 0.25) is 5.75 Å². The van der Waals surface area contributed by atoms with E-state index in [2.05, 4.69) is 0 Å². The van der Waals surface area contributed by atoms with Crippen LogP contribution in [0.15, 0.2) is 42.5 Å². The van der Waals surface area contributed by atoms with E-state index in [9.17, 15) is 10.1 Å². The van der Waals surface area contributed by atoms with E-state index in [0.717, 1.165) is 5.56 Å². The minimum atomic E-state index is -0.481. The molecule has 6 heteroatoms. The van der Waals surface area contributed by atoms with E-state index in [1.807, 2.05) is 12.1 Å². The molecule has 0 radical (unpaired) electrons. The van der Waals surface area contributed by atoms with Gasteiger partial charge in [-0.2, -0.15) is 0 Å². The smallest absolute Gasteiger partial charge is 0.311 e. The fourth-order valence-electron chi connectivity index (χ4n) is 1.81. The second-order valence-corrected chi connectivity index (χ2v) is 4.27. The zero-order valence-corrected chi connectivity index (χ0v) is 11.6. The van der Waals surface area contributed by atoms with Gasteiger partial charge in [0.15, 0.2) is 0 Å². The summed E-state index contributed by atoms with van der Waals surface area (Å²) in [7, 11) is 0. The van der Waals surface area contributed by atoms with Gasteiger partial charge in [0.25, 0.3) is 0 Å². The molecule has 2 aromatic rings. The maximum absolute atomic E-state index is 10.9. The van der Waals surface area contributed by atoms with Crippen LogP contribution in [0.4, 0.5) is 5.69 Å². The molecule has 0 aliphatic rings. The Hall–Kier alpha value is -2.60. The second-order valence-electron chi connectivity index (χ2n) is 4.27. The first-order valence-electron chi connectivity index (χ1n) is 6.52. The third kappa shape index (κ3) is 3.70. The molecular weight excluding hydrogens is 272 g/mol. The predicted octanol–water partition coefficient (Wildman–Crippen LogP) is 3.24. The Morgan fingerprint density at radius 2 is 1.81 bits per heavy atom. The number of nitrogens with zero attached hydrogens (tertiary/aromatic N) is 1. The summed E-state index contributed by atoms with van der Waals surface area (Å²) in [6.07, 6.45) is 0. The molecule has 0 saturated heterocycles. The van der Waals surface area contributed by atoms with E-state index in [-0.39, 0.29) is 11.4 Å². The van der Waals surface area contributed by atoms with E-state index in [1.165, 1.54) is 18.2 Å². The number of benzene rings is 2. The highest BCUT2D eigenvalue weighted by Crippen LogP contribution is 2.33. The molecule has 0 atom stereocenters.